The molecule has 0 aliphatic rings. The number of thioether (sulfide) groups is 1. The van der Waals surface area contributed by atoms with E-state index in [9.17, 15) is 4.79 Å². The van der Waals surface area contributed by atoms with Crippen molar-refractivity contribution in [1.29, 1.82) is 0 Å². The van der Waals surface area contributed by atoms with Gasteiger partial charge in [-0.1, -0.05) is 83.2 Å². The number of carbonyl (C=O) groups excluding carboxylic acids is 1. The molecule has 0 saturated heterocycles. The summed E-state index contributed by atoms with van der Waals surface area (Å²) in [6.07, 6.45) is 0. The topological polar surface area (TPSA) is 68.0 Å². The Kier molecular flexibility index (Phi) is 5.96. The molecular formula is C18H16ClN3OS2. The predicted octanol–water partition coefficient (Wildman–Crippen LogP) is 4.45. The molecule has 4 nitrogen and oxygen atoms in total. The summed E-state index contributed by atoms with van der Waals surface area (Å²) in [5, 5.41) is 4.17. The van der Waals surface area contributed by atoms with E-state index in [1.54, 1.807) is 6.07 Å². The first-order chi connectivity index (χ1) is 12.1. The van der Waals surface area contributed by atoms with Crippen molar-refractivity contribution in [1.82, 2.24) is 10.3 Å². The van der Waals surface area contributed by atoms with Crippen molar-refractivity contribution in [2.24, 2.45) is 0 Å². The van der Waals surface area contributed by atoms with Gasteiger partial charge < -0.3 is 11.1 Å². The van der Waals surface area contributed by atoms with Gasteiger partial charge in [0.15, 0.2) is 4.34 Å². The lowest BCUT2D eigenvalue weighted by Gasteiger charge is -2.06. The monoisotopic (exact) mass is 389 g/mol. The molecule has 128 valence electrons. The number of benzene rings is 2. The second-order valence-corrected chi connectivity index (χ2v) is 7.88. The standard InChI is InChI=1S/C18H16ClN3OS2/c19-14-9-5-4-8-13(14)10-21-15(23)11-24-18-22-16(17(20)25-18)12-6-2-1-3-7-12/h1-9H,10-11,20H2,(H,21,23). The highest BCUT2D eigenvalue weighted by atomic mass is 35.5. The molecule has 0 radical (unpaired) electrons. The first-order valence-electron chi connectivity index (χ1n) is 7.58. The van der Waals surface area contributed by atoms with Crippen molar-refractivity contribution < 1.29 is 4.79 Å². The van der Waals surface area contributed by atoms with E-state index in [4.69, 9.17) is 17.3 Å². The molecule has 0 fully saturated rings. The van der Waals surface area contributed by atoms with Gasteiger partial charge >= 0.3 is 0 Å². The van der Waals surface area contributed by atoms with Gasteiger partial charge in [0, 0.05) is 17.1 Å². The third kappa shape index (κ3) is 4.75. The number of nitrogens with zero attached hydrogens (tertiary/aromatic N) is 1. The number of thiazole rings is 1. The molecule has 0 aliphatic heterocycles. The van der Waals surface area contributed by atoms with Crippen LogP contribution in [0.25, 0.3) is 11.3 Å². The fraction of sp³-hybridized carbons (Fsp3) is 0.111. The first kappa shape index (κ1) is 17.8. The summed E-state index contributed by atoms with van der Waals surface area (Å²) in [4.78, 5) is 16.6. The number of nitrogens with one attached hydrogen (secondary N) is 1. The minimum Gasteiger partial charge on any atom is -0.389 e. The van der Waals surface area contributed by atoms with E-state index >= 15 is 0 Å². The second kappa shape index (κ2) is 8.38. The molecule has 3 rings (SSSR count). The van der Waals surface area contributed by atoms with Crippen molar-refractivity contribution in [3.8, 4) is 11.3 Å². The summed E-state index contributed by atoms with van der Waals surface area (Å²) in [5.41, 5.74) is 8.70. The Balaban J connectivity index is 1.55. The van der Waals surface area contributed by atoms with Crippen molar-refractivity contribution in [3.63, 3.8) is 0 Å². The van der Waals surface area contributed by atoms with E-state index in [0.29, 0.717) is 16.6 Å². The zero-order valence-corrected chi connectivity index (χ0v) is 15.6. The number of rotatable bonds is 6. The van der Waals surface area contributed by atoms with Crippen LogP contribution in [0.3, 0.4) is 0 Å². The molecule has 1 aromatic heterocycles. The number of amides is 1. The van der Waals surface area contributed by atoms with E-state index in [1.807, 2.05) is 48.5 Å². The predicted molar refractivity (Wildman–Crippen MR) is 106 cm³/mol. The van der Waals surface area contributed by atoms with Gasteiger partial charge in [-0.15, -0.1) is 0 Å². The van der Waals surface area contributed by atoms with Gasteiger partial charge in [0.2, 0.25) is 5.91 Å². The lowest BCUT2D eigenvalue weighted by atomic mass is 10.2. The number of hydrogen-bond acceptors (Lipinski definition) is 5. The van der Waals surface area contributed by atoms with Crippen molar-refractivity contribution >= 4 is 45.6 Å². The number of aromatic nitrogens is 1. The van der Waals surface area contributed by atoms with E-state index in [0.717, 1.165) is 21.2 Å². The fourth-order valence-electron chi connectivity index (χ4n) is 2.19. The molecule has 3 aromatic rings. The van der Waals surface area contributed by atoms with Crippen LogP contribution in [0.2, 0.25) is 5.02 Å². The van der Waals surface area contributed by atoms with Gasteiger partial charge in [-0.2, -0.15) is 0 Å². The maximum Gasteiger partial charge on any atom is 0.230 e. The SMILES string of the molecule is Nc1sc(SCC(=O)NCc2ccccc2Cl)nc1-c1ccccc1. The lowest BCUT2D eigenvalue weighted by molar-refractivity contribution is -0.118. The molecule has 7 heteroatoms. The minimum atomic E-state index is -0.0695. The summed E-state index contributed by atoms with van der Waals surface area (Å²) in [6.45, 7) is 0.411. The first-order valence-corrected chi connectivity index (χ1v) is 9.76. The Bertz CT molecular complexity index is 868. The summed E-state index contributed by atoms with van der Waals surface area (Å²) in [7, 11) is 0. The van der Waals surface area contributed by atoms with E-state index in [-0.39, 0.29) is 11.7 Å². The molecule has 25 heavy (non-hydrogen) atoms. The molecule has 1 heterocycles. The van der Waals surface area contributed by atoms with Crippen LogP contribution in [0.4, 0.5) is 5.00 Å². The number of hydrogen-bond donors (Lipinski definition) is 2. The summed E-state index contributed by atoms with van der Waals surface area (Å²) in [5.74, 6) is 0.214. The number of nitrogens with two attached hydrogens (primary N) is 1. The molecule has 0 spiro atoms. The highest BCUT2D eigenvalue weighted by molar-refractivity contribution is 8.01. The Morgan fingerprint density at radius 3 is 2.64 bits per heavy atom. The van der Waals surface area contributed by atoms with Crippen LogP contribution >= 0.6 is 34.7 Å². The van der Waals surface area contributed by atoms with Crippen LogP contribution in [0.15, 0.2) is 58.9 Å². The van der Waals surface area contributed by atoms with Gasteiger partial charge in [-0.05, 0) is 11.6 Å². The highest BCUT2D eigenvalue weighted by Crippen LogP contribution is 2.35. The largest absolute Gasteiger partial charge is 0.389 e. The summed E-state index contributed by atoms with van der Waals surface area (Å²) < 4.78 is 0.782. The van der Waals surface area contributed by atoms with Gasteiger partial charge in [0.05, 0.1) is 5.75 Å². The smallest absolute Gasteiger partial charge is 0.230 e. The summed E-state index contributed by atoms with van der Waals surface area (Å²) >= 11 is 8.86. The molecule has 0 unspecified atom stereocenters. The zero-order chi connectivity index (χ0) is 17.6. The van der Waals surface area contributed by atoms with E-state index < -0.39 is 0 Å². The maximum absolute atomic E-state index is 12.0. The number of halogens is 1. The number of nitrogen functional groups attached to an aromatic ring is 1. The normalized spacial score (nSPS) is 10.6. The Morgan fingerprint density at radius 2 is 1.88 bits per heavy atom. The van der Waals surface area contributed by atoms with Crippen molar-refractivity contribution in [2.75, 3.05) is 11.5 Å². The molecule has 2 aromatic carbocycles. The Morgan fingerprint density at radius 1 is 1.16 bits per heavy atom. The van der Waals surface area contributed by atoms with E-state index in [2.05, 4.69) is 10.3 Å². The molecule has 0 bridgehead atoms. The third-order valence-corrected chi connectivity index (χ3v) is 5.84. The average Bonchev–Trinajstić information content (AvgIpc) is 3.01. The second-order valence-electron chi connectivity index (χ2n) is 5.22. The molecular weight excluding hydrogens is 374 g/mol. The molecule has 3 N–H and O–H groups in total. The van der Waals surface area contributed by atoms with Crippen LogP contribution in [0.5, 0.6) is 0 Å². The fourth-order valence-corrected chi connectivity index (χ4v) is 4.17. The molecule has 0 atom stereocenters. The van der Waals surface area contributed by atoms with Crippen LogP contribution < -0.4 is 11.1 Å². The Labute approximate surface area is 159 Å². The van der Waals surface area contributed by atoms with Crippen molar-refractivity contribution in [3.05, 3.63) is 65.2 Å². The molecule has 1 amide bonds. The van der Waals surface area contributed by atoms with Gasteiger partial charge in [-0.25, -0.2) is 4.98 Å². The molecule has 0 saturated carbocycles. The quantitative estimate of drug-likeness (QED) is 0.611. The minimum absolute atomic E-state index is 0.0695. The highest BCUT2D eigenvalue weighted by Gasteiger charge is 2.12. The van der Waals surface area contributed by atoms with Gasteiger partial charge in [-0.3, -0.25) is 4.79 Å². The van der Waals surface area contributed by atoms with Crippen LogP contribution in [-0.4, -0.2) is 16.6 Å². The molecule has 0 aliphatic carbocycles. The zero-order valence-electron chi connectivity index (χ0n) is 13.2. The van der Waals surface area contributed by atoms with Crippen LogP contribution in [-0.2, 0) is 11.3 Å². The Hall–Kier alpha value is -2.02. The van der Waals surface area contributed by atoms with Crippen molar-refractivity contribution in [2.45, 2.75) is 10.9 Å². The average molecular weight is 390 g/mol. The van der Waals surface area contributed by atoms with Crippen LogP contribution in [0, 0.1) is 0 Å². The van der Waals surface area contributed by atoms with E-state index in [1.165, 1.54) is 23.1 Å². The van der Waals surface area contributed by atoms with Gasteiger partial charge in [0.1, 0.15) is 10.7 Å². The number of carbonyl (C=O) groups is 1. The van der Waals surface area contributed by atoms with Crippen LogP contribution in [0.1, 0.15) is 5.56 Å². The summed E-state index contributed by atoms with van der Waals surface area (Å²) in [6, 6.07) is 17.2. The lowest BCUT2D eigenvalue weighted by Crippen LogP contribution is -2.24. The van der Waals surface area contributed by atoms with Gasteiger partial charge in [0.25, 0.3) is 0 Å². The maximum atomic E-state index is 12.0. The number of anilines is 1. The third-order valence-electron chi connectivity index (χ3n) is 3.44.